The summed E-state index contributed by atoms with van der Waals surface area (Å²) in [5.41, 5.74) is 1.93. The summed E-state index contributed by atoms with van der Waals surface area (Å²) in [7, 11) is 1.21. The number of ether oxygens (including phenoxy) is 1. The molecule has 16 nitrogen and oxygen atoms in total. The van der Waals surface area contributed by atoms with Crippen molar-refractivity contribution in [3.63, 3.8) is 0 Å². The van der Waals surface area contributed by atoms with Crippen LogP contribution < -0.4 is 20.4 Å². The Hall–Kier alpha value is -7.52. The van der Waals surface area contributed by atoms with Crippen LogP contribution in [0.4, 0.5) is 47.3 Å². The number of rotatable bonds is 13. The second kappa shape index (κ2) is 21.7. The van der Waals surface area contributed by atoms with Gasteiger partial charge < -0.3 is 50.0 Å². The van der Waals surface area contributed by atoms with Gasteiger partial charge in [-0.2, -0.15) is 0 Å². The van der Waals surface area contributed by atoms with Crippen molar-refractivity contribution in [2.45, 2.75) is 121 Å². The molecule has 4 aliphatic heterocycles. The predicted molar refractivity (Wildman–Crippen MR) is 278 cm³/mol. The Labute approximate surface area is 445 Å². The highest BCUT2D eigenvalue weighted by atomic mass is 19.2. The highest BCUT2D eigenvalue weighted by Gasteiger charge is 2.42. The van der Waals surface area contributed by atoms with Gasteiger partial charge in [0.15, 0.2) is 23.3 Å². The van der Waals surface area contributed by atoms with E-state index < -0.39 is 89.2 Å². The molecular weight excluding hydrogens is 1020 g/mol. The van der Waals surface area contributed by atoms with Crippen LogP contribution in [0.25, 0.3) is 22.1 Å². The molecule has 0 spiro atoms. The summed E-state index contributed by atoms with van der Waals surface area (Å²) in [6.07, 6.45) is 1.44. The first-order chi connectivity index (χ1) is 37.3. The van der Waals surface area contributed by atoms with E-state index in [4.69, 9.17) is 14.7 Å². The lowest BCUT2D eigenvalue weighted by atomic mass is 9.89. The second-order valence-corrected chi connectivity index (χ2v) is 21.6. The number of alkyl carbamates (subject to hydrolysis) is 1. The Morgan fingerprint density at radius 3 is 1.56 bits per heavy atom. The number of aromatic amines is 2. The molecule has 0 bridgehead atoms. The van der Waals surface area contributed by atoms with Crippen LogP contribution in [-0.4, -0.2) is 104 Å². The molecule has 22 heteroatoms. The van der Waals surface area contributed by atoms with Crippen LogP contribution in [0.5, 0.6) is 0 Å². The number of carbonyl (C=O) groups excluding carboxylic acids is 3. The number of anilines is 2. The summed E-state index contributed by atoms with van der Waals surface area (Å²) in [6.45, 7) is 8.24. The van der Waals surface area contributed by atoms with Crippen molar-refractivity contribution in [3.05, 3.63) is 118 Å². The molecule has 0 aliphatic carbocycles. The number of benzene rings is 4. The Bertz CT molecular complexity index is 3270. The van der Waals surface area contributed by atoms with E-state index in [2.05, 4.69) is 20.6 Å². The van der Waals surface area contributed by atoms with Gasteiger partial charge in [-0.1, -0.05) is 33.8 Å². The lowest BCUT2D eigenvalue weighted by molar-refractivity contribution is -0.136. The van der Waals surface area contributed by atoms with Crippen molar-refractivity contribution in [2.75, 3.05) is 43.1 Å². The lowest BCUT2D eigenvalue weighted by Crippen LogP contribution is -2.51. The maximum atomic E-state index is 16.9. The normalized spacial score (nSPS) is 20.9. The SMILES string of the molecule is COC(=O)N[C@H](C(=O)N1CCC[C@H]1c1nc2cc(F)c([C@H]3CC[C@H](c4cc5[nH]c([C@@H]6CCCN6C(=O)[C@@H](NC(=O)O)C(C)C)nc5cc4F)N3c3cc(F)c(N4CCC(c5ccc(F)c(F)c5)CC4)c(F)c3)cc2[nH]1)C(C)C. The van der Waals surface area contributed by atoms with E-state index in [1.54, 1.807) is 59.4 Å². The van der Waals surface area contributed by atoms with E-state index in [0.29, 0.717) is 79.9 Å². The molecule has 4 amide bonds. The molecule has 6 heterocycles. The van der Waals surface area contributed by atoms with E-state index in [9.17, 15) is 33.1 Å². The summed E-state index contributed by atoms with van der Waals surface area (Å²) >= 11 is 0. The number of piperidine rings is 1. The molecule has 414 valence electrons. The molecule has 6 aromatic rings. The van der Waals surface area contributed by atoms with Crippen molar-refractivity contribution in [1.29, 1.82) is 0 Å². The van der Waals surface area contributed by atoms with Gasteiger partial charge in [-0.3, -0.25) is 9.59 Å². The summed E-state index contributed by atoms with van der Waals surface area (Å²) in [4.78, 5) is 74.0. The molecule has 78 heavy (non-hydrogen) atoms. The molecule has 4 fully saturated rings. The topological polar surface area (TPSA) is 192 Å². The lowest BCUT2D eigenvalue weighted by Gasteiger charge is -2.36. The molecule has 0 radical (unpaired) electrons. The van der Waals surface area contributed by atoms with Crippen LogP contribution in [0.2, 0.25) is 0 Å². The Morgan fingerprint density at radius 2 is 1.10 bits per heavy atom. The number of amides is 4. The van der Waals surface area contributed by atoms with E-state index in [-0.39, 0.29) is 83.1 Å². The Morgan fingerprint density at radius 1 is 0.603 bits per heavy atom. The number of H-pyrrole nitrogens is 2. The zero-order chi connectivity index (χ0) is 55.4. The number of imidazole rings is 2. The third-order valence-electron chi connectivity index (χ3n) is 16.2. The first kappa shape index (κ1) is 53.9. The third kappa shape index (κ3) is 10.2. The molecule has 10 rings (SSSR count). The quantitative estimate of drug-likeness (QED) is 0.0695. The van der Waals surface area contributed by atoms with E-state index in [0.717, 1.165) is 12.1 Å². The van der Waals surface area contributed by atoms with E-state index >= 15 is 17.6 Å². The molecule has 0 saturated carbocycles. The number of nitrogens with zero attached hydrogens (tertiary/aromatic N) is 6. The zero-order valence-electron chi connectivity index (χ0n) is 43.8. The Kier molecular flexibility index (Phi) is 15.0. The van der Waals surface area contributed by atoms with Crippen molar-refractivity contribution in [1.82, 2.24) is 40.4 Å². The first-order valence-corrected chi connectivity index (χ1v) is 26.6. The number of fused-ring (bicyclic) bond motifs is 2. The number of hydrogen-bond acceptors (Lipinski definition) is 9. The summed E-state index contributed by atoms with van der Waals surface area (Å²) in [5.74, 6) is -5.89. The van der Waals surface area contributed by atoms with Gasteiger partial charge in [0.2, 0.25) is 11.8 Å². The molecule has 6 atom stereocenters. The number of aromatic nitrogens is 4. The highest BCUT2D eigenvalue weighted by molar-refractivity contribution is 5.87. The predicted octanol–water partition coefficient (Wildman–Crippen LogP) is 10.7. The summed E-state index contributed by atoms with van der Waals surface area (Å²) in [6, 6.07) is 6.90. The van der Waals surface area contributed by atoms with Crippen molar-refractivity contribution >= 4 is 57.4 Å². The fraction of sp³-hybridized carbons (Fsp3) is 0.464. The number of carbonyl (C=O) groups is 4. The smallest absolute Gasteiger partial charge is 0.407 e. The number of hydrogen-bond donors (Lipinski definition) is 5. The van der Waals surface area contributed by atoms with Crippen LogP contribution in [0.1, 0.15) is 137 Å². The molecular formula is C56H62F6N10O6. The van der Waals surface area contributed by atoms with Crippen molar-refractivity contribution in [3.8, 4) is 0 Å². The fourth-order valence-electron chi connectivity index (χ4n) is 12.3. The summed E-state index contributed by atoms with van der Waals surface area (Å²) < 4.78 is 100. The van der Waals surface area contributed by atoms with Crippen LogP contribution in [0.15, 0.2) is 54.6 Å². The molecule has 0 unspecified atom stereocenters. The molecule has 4 aromatic carbocycles. The first-order valence-electron chi connectivity index (χ1n) is 26.6. The third-order valence-corrected chi connectivity index (χ3v) is 16.2. The van der Waals surface area contributed by atoms with E-state index in [1.807, 2.05) is 0 Å². The zero-order valence-corrected chi connectivity index (χ0v) is 43.8. The number of likely N-dealkylation sites (tertiary alicyclic amines) is 2. The standard InChI is InChI=1S/C56H62F6N10O6/c1-27(2)48(67-55(75)76)53(73)70-16-6-8-46(70)51-63-40-23-32(35(58)25-42(40)65-51)44-12-13-45(72(44)31-21-38(61)50(39(62)22-31)69-18-14-29(15-19-69)30-10-11-34(57)37(60)20-30)33-24-41-43(26-36(33)59)66-52(64-41)47-9-7-17-71(47)54(74)49(28(3)4)68-56(77)78-5/h10-11,20-29,44-49,67H,6-9,12-19H2,1-5H3,(H,63,65)(H,64,66)(H,68,77)(H,75,76)/t44-,45-,46+,47+,48+,49+/m1/s1. The highest BCUT2D eigenvalue weighted by Crippen LogP contribution is 2.50. The van der Waals surface area contributed by atoms with Gasteiger partial charge in [0.05, 0.1) is 53.3 Å². The average Bonchev–Trinajstić information content (AvgIpc) is 4.31. The van der Waals surface area contributed by atoms with Crippen LogP contribution >= 0.6 is 0 Å². The van der Waals surface area contributed by atoms with Crippen molar-refractivity contribution in [2.24, 2.45) is 11.8 Å². The maximum absolute atomic E-state index is 16.9. The van der Waals surface area contributed by atoms with Gasteiger partial charge in [-0.05, 0) is 111 Å². The maximum Gasteiger partial charge on any atom is 0.407 e. The number of carboxylic acid groups (broad SMARTS) is 1. The average molecular weight is 1090 g/mol. The second-order valence-electron chi connectivity index (χ2n) is 21.6. The summed E-state index contributed by atoms with van der Waals surface area (Å²) in [5, 5.41) is 14.5. The van der Waals surface area contributed by atoms with Gasteiger partial charge in [-0.15, -0.1) is 0 Å². The minimum absolute atomic E-state index is 0.0164. The fourth-order valence-corrected chi connectivity index (χ4v) is 12.3. The molecule has 2 aromatic heterocycles. The molecule has 4 saturated heterocycles. The monoisotopic (exact) mass is 1080 g/mol. The van der Waals surface area contributed by atoms with Crippen LogP contribution in [0.3, 0.4) is 0 Å². The van der Waals surface area contributed by atoms with Gasteiger partial charge in [-0.25, -0.2) is 45.9 Å². The number of halogens is 6. The van der Waals surface area contributed by atoms with Crippen LogP contribution in [0, 0.1) is 46.7 Å². The number of methoxy groups -OCH3 is 1. The van der Waals surface area contributed by atoms with Crippen LogP contribution in [-0.2, 0) is 14.3 Å². The largest absolute Gasteiger partial charge is 0.465 e. The van der Waals surface area contributed by atoms with Gasteiger partial charge >= 0.3 is 12.2 Å². The molecule has 5 N–H and O–H groups in total. The minimum atomic E-state index is -1.33. The Balaban J connectivity index is 0.995. The van der Waals surface area contributed by atoms with Gasteiger partial charge in [0, 0.05) is 55.1 Å². The van der Waals surface area contributed by atoms with Crippen molar-refractivity contribution < 1.29 is 55.4 Å². The van der Waals surface area contributed by atoms with E-state index in [1.165, 1.54) is 37.4 Å². The number of nitrogens with one attached hydrogen (secondary N) is 4. The minimum Gasteiger partial charge on any atom is -0.465 e. The molecule has 4 aliphatic rings. The van der Waals surface area contributed by atoms with Gasteiger partial charge in [0.1, 0.15) is 41.1 Å². The van der Waals surface area contributed by atoms with Gasteiger partial charge in [0.25, 0.3) is 0 Å².